The maximum Gasteiger partial charge on any atom is 0.280 e. The van der Waals surface area contributed by atoms with Crippen molar-refractivity contribution in [3.63, 3.8) is 0 Å². The minimum Gasteiger partial charge on any atom is -0.386 e. The second kappa shape index (κ2) is 11.4. The lowest BCUT2D eigenvalue weighted by Gasteiger charge is -2.21. The SMILES string of the molecule is Nc1nc2c(ncn2[C@@H]2O[C@H](COCc3ccc(Cl)cc3Cl)[C@@H](OCc3ccc(Cl)cc3Cl)[C@H]2O)c(=O)[nH]1. The van der Waals surface area contributed by atoms with Crippen molar-refractivity contribution in [2.75, 3.05) is 12.3 Å². The number of ether oxygens (including phenoxy) is 3. The van der Waals surface area contributed by atoms with Crippen LogP contribution in [0.2, 0.25) is 20.1 Å². The topological polar surface area (TPSA) is 138 Å². The molecule has 5 rings (SSSR count). The smallest absolute Gasteiger partial charge is 0.280 e. The van der Waals surface area contributed by atoms with Gasteiger partial charge in [-0.1, -0.05) is 58.5 Å². The van der Waals surface area contributed by atoms with Crippen LogP contribution in [0.5, 0.6) is 0 Å². The number of aromatic amines is 1. The van der Waals surface area contributed by atoms with E-state index >= 15 is 0 Å². The van der Waals surface area contributed by atoms with Gasteiger partial charge >= 0.3 is 0 Å². The molecule has 0 amide bonds. The number of hydrogen-bond donors (Lipinski definition) is 3. The predicted molar refractivity (Wildman–Crippen MR) is 144 cm³/mol. The third-order valence-corrected chi connectivity index (χ3v) is 7.21. The molecule has 1 aliphatic rings. The van der Waals surface area contributed by atoms with Crippen molar-refractivity contribution in [3.05, 3.63) is 84.3 Å². The normalized spacial score (nSPS) is 21.4. The maximum absolute atomic E-state index is 12.2. The van der Waals surface area contributed by atoms with E-state index in [9.17, 15) is 9.90 Å². The van der Waals surface area contributed by atoms with Crippen molar-refractivity contribution in [1.82, 2.24) is 19.5 Å². The van der Waals surface area contributed by atoms with Crippen LogP contribution in [0.3, 0.4) is 0 Å². The maximum atomic E-state index is 12.2. The fourth-order valence-electron chi connectivity index (χ4n) is 4.17. The zero-order valence-corrected chi connectivity index (χ0v) is 22.5. The van der Waals surface area contributed by atoms with E-state index in [4.69, 9.17) is 66.3 Å². The van der Waals surface area contributed by atoms with Crippen LogP contribution in [0, 0.1) is 0 Å². The molecule has 1 fully saturated rings. The number of imidazole rings is 1. The van der Waals surface area contributed by atoms with E-state index < -0.39 is 30.1 Å². The number of hydrogen-bond acceptors (Lipinski definition) is 8. The molecule has 0 unspecified atom stereocenters. The molecule has 38 heavy (non-hydrogen) atoms. The third kappa shape index (κ3) is 5.63. The van der Waals surface area contributed by atoms with E-state index in [1.165, 1.54) is 10.9 Å². The van der Waals surface area contributed by atoms with E-state index in [1.807, 2.05) is 0 Å². The summed E-state index contributed by atoms with van der Waals surface area (Å²) in [6.45, 7) is 0.297. The number of benzene rings is 2. The van der Waals surface area contributed by atoms with E-state index in [0.717, 1.165) is 5.56 Å². The molecule has 4 atom stereocenters. The Labute approximate surface area is 236 Å². The summed E-state index contributed by atoms with van der Waals surface area (Å²) in [7, 11) is 0. The first-order valence-electron chi connectivity index (χ1n) is 11.3. The molecule has 3 heterocycles. The first kappa shape index (κ1) is 27.2. The lowest BCUT2D eigenvalue weighted by molar-refractivity contribution is -0.0822. The largest absolute Gasteiger partial charge is 0.386 e. The number of aliphatic hydroxyl groups excluding tert-OH is 1. The van der Waals surface area contributed by atoms with Crippen LogP contribution in [-0.2, 0) is 27.4 Å². The Balaban J connectivity index is 1.38. The van der Waals surface area contributed by atoms with Crippen LogP contribution in [0.1, 0.15) is 17.4 Å². The number of nitrogens with zero attached hydrogens (tertiary/aromatic N) is 3. The molecular weight excluding hydrogens is 580 g/mol. The minimum atomic E-state index is -1.19. The van der Waals surface area contributed by atoms with Gasteiger partial charge in [0.15, 0.2) is 17.4 Å². The highest BCUT2D eigenvalue weighted by atomic mass is 35.5. The first-order chi connectivity index (χ1) is 18.2. The third-order valence-electron chi connectivity index (χ3n) is 6.04. The lowest BCUT2D eigenvalue weighted by Crippen LogP contribution is -2.36. The number of nitrogens with one attached hydrogen (secondary N) is 1. The first-order valence-corrected chi connectivity index (χ1v) is 12.9. The van der Waals surface area contributed by atoms with E-state index in [-0.39, 0.29) is 36.9 Å². The Bertz CT molecular complexity index is 1530. The Hall–Kier alpha value is -2.41. The standard InChI is InChI=1S/C24H21Cl4N5O5/c25-13-3-1-11(15(27)5-13)7-36-9-17-20(37-8-12-2-4-14(26)6-16(12)28)19(34)23(38-17)33-10-30-18-21(33)31-24(29)32-22(18)35/h1-6,10,17,19-20,23,34H,7-9H2,(H3,29,31,32,35)/t17-,19-,20-,23-/m1/s1. The van der Waals surface area contributed by atoms with Crippen LogP contribution in [0.15, 0.2) is 47.5 Å². The van der Waals surface area contributed by atoms with Gasteiger partial charge in [-0.05, 0) is 35.4 Å². The highest BCUT2D eigenvalue weighted by Crippen LogP contribution is 2.34. The minimum absolute atomic E-state index is 0.0499. The second-order valence-corrected chi connectivity index (χ2v) is 10.3. The van der Waals surface area contributed by atoms with Crippen molar-refractivity contribution >= 4 is 63.5 Å². The fourth-order valence-corrected chi connectivity index (χ4v) is 5.09. The zero-order chi connectivity index (χ0) is 27.0. The summed E-state index contributed by atoms with van der Waals surface area (Å²) in [5.41, 5.74) is 6.83. The number of nitrogens with two attached hydrogens (primary N) is 1. The number of aromatic nitrogens is 4. The molecule has 200 valence electrons. The number of halogens is 4. The number of aliphatic hydroxyl groups is 1. The van der Waals surface area contributed by atoms with E-state index in [1.54, 1.807) is 36.4 Å². The van der Waals surface area contributed by atoms with Crippen LogP contribution in [0.25, 0.3) is 11.2 Å². The summed E-state index contributed by atoms with van der Waals surface area (Å²) in [6, 6.07) is 10.1. The van der Waals surface area contributed by atoms with Crippen molar-refractivity contribution in [3.8, 4) is 0 Å². The predicted octanol–water partition coefficient (Wildman–Crippen LogP) is 4.38. The summed E-state index contributed by atoms with van der Waals surface area (Å²) in [5.74, 6) is -0.0957. The number of nitrogen functional groups attached to an aromatic ring is 1. The molecule has 4 N–H and O–H groups in total. The Morgan fingerprint density at radius 3 is 2.37 bits per heavy atom. The molecule has 0 bridgehead atoms. The van der Waals surface area contributed by atoms with Crippen LogP contribution in [-0.4, -0.2) is 49.5 Å². The van der Waals surface area contributed by atoms with Gasteiger partial charge in [-0.2, -0.15) is 4.98 Å². The van der Waals surface area contributed by atoms with Crippen LogP contribution >= 0.6 is 46.4 Å². The number of fused-ring (bicyclic) bond motifs is 1. The van der Waals surface area contributed by atoms with Gasteiger partial charge in [-0.15, -0.1) is 0 Å². The van der Waals surface area contributed by atoms with Gasteiger partial charge in [0.05, 0.1) is 26.1 Å². The van der Waals surface area contributed by atoms with Gasteiger partial charge in [0.2, 0.25) is 5.95 Å². The molecule has 0 spiro atoms. The Morgan fingerprint density at radius 1 is 1.05 bits per heavy atom. The van der Waals surface area contributed by atoms with Gasteiger partial charge in [0, 0.05) is 20.1 Å². The summed E-state index contributed by atoms with van der Waals surface area (Å²) >= 11 is 24.5. The van der Waals surface area contributed by atoms with Crippen LogP contribution < -0.4 is 11.3 Å². The molecule has 14 heteroatoms. The summed E-state index contributed by atoms with van der Waals surface area (Å²) in [5, 5.41) is 13.2. The second-order valence-electron chi connectivity index (χ2n) is 8.59. The van der Waals surface area contributed by atoms with Crippen molar-refractivity contribution in [2.24, 2.45) is 0 Å². The van der Waals surface area contributed by atoms with E-state index in [2.05, 4.69) is 15.0 Å². The Kier molecular flexibility index (Phi) is 8.13. The molecule has 0 aliphatic carbocycles. The quantitative estimate of drug-likeness (QED) is 0.271. The molecular formula is C24H21Cl4N5O5. The highest BCUT2D eigenvalue weighted by Gasteiger charge is 2.46. The van der Waals surface area contributed by atoms with Crippen LogP contribution in [0.4, 0.5) is 5.95 Å². The zero-order valence-electron chi connectivity index (χ0n) is 19.5. The summed E-state index contributed by atoms with van der Waals surface area (Å²) < 4.78 is 19.6. The molecule has 2 aromatic heterocycles. The monoisotopic (exact) mass is 599 g/mol. The molecule has 2 aromatic carbocycles. The van der Waals surface area contributed by atoms with Crippen molar-refractivity contribution in [1.29, 1.82) is 0 Å². The number of rotatable bonds is 8. The van der Waals surface area contributed by atoms with E-state index in [0.29, 0.717) is 25.7 Å². The number of H-pyrrole nitrogens is 1. The fraction of sp³-hybridized carbons (Fsp3) is 0.292. The van der Waals surface area contributed by atoms with Gasteiger partial charge in [-0.25, -0.2) is 4.98 Å². The van der Waals surface area contributed by atoms with Gasteiger partial charge in [-0.3, -0.25) is 14.3 Å². The average molecular weight is 601 g/mol. The molecule has 10 nitrogen and oxygen atoms in total. The highest BCUT2D eigenvalue weighted by molar-refractivity contribution is 6.35. The average Bonchev–Trinajstić information content (AvgIpc) is 3.41. The van der Waals surface area contributed by atoms with Gasteiger partial charge < -0.3 is 25.1 Å². The van der Waals surface area contributed by atoms with Gasteiger partial charge in [0.1, 0.15) is 18.3 Å². The molecule has 0 radical (unpaired) electrons. The molecule has 0 saturated carbocycles. The number of anilines is 1. The molecule has 1 aliphatic heterocycles. The molecule has 1 saturated heterocycles. The van der Waals surface area contributed by atoms with Crippen molar-refractivity contribution < 1.29 is 19.3 Å². The molecule has 4 aromatic rings. The van der Waals surface area contributed by atoms with Gasteiger partial charge in [0.25, 0.3) is 5.56 Å². The Morgan fingerprint density at radius 2 is 1.71 bits per heavy atom. The summed E-state index contributed by atoms with van der Waals surface area (Å²) in [4.78, 5) is 22.9. The lowest BCUT2D eigenvalue weighted by atomic mass is 10.1. The van der Waals surface area contributed by atoms with Crippen molar-refractivity contribution in [2.45, 2.75) is 37.8 Å². The summed E-state index contributed by atoms with van der Waals surface area (Å²) in [6.07, 6.45) is -2.39.